The summed E-state index contributed by atoms with van der Waals surface area (Å²) in [5, 5.41) is 5.68. The predicted molar refractivity (Wildman–Crippen MR) is 102 cm³/mol. The van der Waals surface area contributed by atoms with Crippen LogP contribution >= 0.6 is 0 Å². The lowest BCUT2D eigenvalue weighted by Gasteiger charge is -2.12. The molecule has 6 nitrogen and oxygen atoms in total. The average Bonchev–Trinajstić information content (AvgIpc) is 3.32. The first-order chi connectivity index (χ1) is 12.6. The van der Waals surface area contributed by atoms with Gasteiger partial charge in [-0.3, -0.25) is 0 Å². The molecule has 26 heavy (non-hydrogen) atoms. The number of anilines is 1. The molecule has 1 saturated heterocycles. The van der Waals surface area contributed by atoms with Crippen LogP contribution in [0, 0.1) is 0 Å². The van der Waals surface area contributed by atoms with Gasteiger partial charge in [0.15, 0.2) is 5.88 Å². The van der Waals surface area contributed by atoms with Crippen molar-refractivity contribution in [3.05, 3.63) is 60.4 Å². The molecule has 0 saturated carbocycles. The summed E-state index contributed by atoms with van der Waals surface area (Å²) < 4.78 is 30.5. The molecule has 1 aromatic heterocycles. The third-order valence-electron chi connectivity index (χ3n) is 4.43. The third-order valence-corrected chi connectivity index (χ3v) is 5.65. The minimum atomic E-state index is -3.73. The van der Waals surface area contributed by atoms with E-state index in [1.807, 2.05) is 30.3 Å². The smallest absolute Gasteiger partial charge is 0.276 e. The molecule has 3 aromatic rings. The third kappa shape index (κ3) is 3.43. The molecule has 0 radical (unpaired) electrons. The quantitative estimate of drug-likeness (QED) is 0.553. The molecule has 4 rings (SSSR count). The topological polar surface area (TPSA) is 74.9 Å². The summed E-state index contributed by atoms with van der Waals surface area (Å²) in [5.41, 5.74) is 0. The van der Waals surface area contributed by atoms with Gasteiger partial charge in [-0.1, -0.05) is 30.3 Å². The molecule has 0 spiro atoms. The van der Waals surface area contributed by atoms with Crippen LogP contribution < -0.4 is 9.73 Å². The molecule has 1 aliphatic rings. The number of nitrogens with zero attached hydrogens (tertiary/aromatic N) is 2. The second-order valence-corrected chi connectivity index (χ2v) is 7.89. The first-order valence-corrected chi connectivity index (χ1v) is 9.99. The maximum atomic E-state index is 12.4. The Morgan fingerprint density at radius 1 is 1.00 bits per heavy atom. The Kier molecular flexibility index (Phi) is 4.38. The van der Waals surface area contributed by atoms with Crippen LogP contribution in [0.3, 0.4) is 0 Å². The van der Waals surface area contributed by atoms with Crippen molar-refractivity contribution in [2.24, 2.45) is 5.10 Å². The molecule has 0 bridgehead atoms. The number of rotatable bonds is 5. The highest BCUT2D eigenvalue weighted by atomic mass is 32.2. The van der Waals surface area contributed by atoms with Crippen LogP contribution in [0.4, 0.5) is 5.88 Å². The average molecular weight is 369 g/mol. The van der Waals surface area contributed by atoms with Crippen molar-refractivity contribution in [3.8, 4) is 0 Å². The number of hydrogen-bond donors (Lipinski definition) is 1. The Balaban J connectivity index is 1.47. The predicted octanol–water partition coefficient (Wildman–Crippen LogP) is 3.35. The van der Waals surface area contributed by atoms with Gasteiger partial charge in [0.2, 0.25) is 0 Å². The highest BCUT2D eigenvalue weighted by molar-refractivity contribution is 7.89. The minimum Gasteiger partial charge on any atom is -0.440 e. The van der Waals surface area contributed by atoms with Gasteiger partial charge < -0.3 is 9.32 Å². The van der Waals surface area contributed by atoms with Gasteiger partial charge in [0, 0.05) is 19.2 Å². The van der Waals surface area contributed by atoms with Crippen LogP contribution in [0.25, 0.3) is 10.8 Å². The van der Waals surface area contributed by atoms with Crippen LogP contribution in [0.1, 0.15) is 18.6 Å². The number of benzene rings is 2. The van der Waals surface area contributed by atoms with Crippen LogP contribution in [0.2, 0.25) is 0 Å². The van der Waals surface area contributed by atoms with Gasteiger partial charge in [0.1, 0.15) is 5.76 Å². The SMILES string of the molecule is O=S(=O)(N/N=C/c1ccc(N2CCCC2)o1)c1ccc2ccccc2c1. The van der Waals surface area contributed by atoms with E-state index in [1.54, 1.807) is 24.3 Å². The molecule has 2 aromatic carbocycles. The Bertz CT molecular complexity index is 1050. The molecular formula is C19H19N3O3S. The first-order valence-electron chi connectivity index (χ1n) is 8.50. The Hall–Kier alpha value is -2.80. The molecule has 7 heteroatoms. The van der Waals surface area contributed by atoms with Gasteiger partial charge in [-0.2, -0.15) is 18.4 Å². The summed E-state index contributed by atoms with van der Waals surface area (Å²) >= 11 is 0. The fourth-order valence-electron chi connectivity index (χ4n) is 3.07. The lowest BCUT2D eigenvalue weighted by Crippen LogP contribution is -2.18. The van der Waals surface area contributed by atoms with Gasteiger partial charge in [-0.15, -0.1) is 0 Å². The Morgan fingerprint density at radius 2 is 1.77 bits per heavy atom. The zero-order valence-electron chi connectivity index (χ0n) is 14.1. The summed E-state index contributed by atoms with van der Waals surface area (Å²) in [6.07, 6.45) is 3.70. The van der Waals surface area contributed by atoms with Crippen LogP contribution in [-0.4, -0.2) is 27.7 Å². The Labute approximate surface area is 152 Å². The van der Waals surface area contributed by atoms with E-state index in [9.17, 15) is 8.42 Å². The molecule has 1 N–H and O–H groups in total. The van der Waals surface area contributed by atoms with E-state index >= 15 is 0 Å². The lowest BCUT2D eigenvalue weighted by atomic mass is 10.1. The second-order valence-electron chi connectivity index (χ2n) is 6.23. The largest absolute Gasteiger partial charge is 0.440 e. The van der Waals surface area contributed by atoms with Crippen molar-refractivity contribution in [2.45, 2.75) is 17.7 Å². The molecule has 0 aliphatic carbocycles. The standard InChI is InChI=1S/C19H19N3O3S/c23-26(24,18-9-7-15-5-1-2-6-16(15)13-18)21-20-14-17-8-10-19(25-17)22-11-3-4-12-22/h1-2,5-10,13-14,21H,3-4,11-12H2/b20-14+. The van der Waals surface area contributed by atoms with E-state index in [4.69, 9.17) is 4.42 Å². The molecule has 134 valence electrons. The van der Waals surface area contributed by atoms with Crippen molar-refractivity contribution in [1.29, 1.82) is 0 Å². The zero-order chi connectivity index (χ0) is 18.0. The second kappa shape index (κ2) is 6.84. The summed E-state index contributed by atoms with van der Waals surface area (Å²) in [7, 11) is -3.73. The summed E-state index contributed by atoms with van der Waals surface area (Å²) in [6.45, 7) is 1.97. The first kappa shape index (κ1) is 16.7. The van der Waals surface area contributed by atoms with Crippen LogP contribution in [0.15, 0.2) is 69.0 Å². The number of hydrazone groups is 1. The van der Waals surface area contributed by atoms with E-state index in [1.165, 1.54) is 6.21 Å². The number of furan rings is 1. The molecule has 0 amide bonds. The number of hydrogen-bond acceptors (Lipinski definition) is 5. The monoisotopic (exact) mass is 369 g/mol. The maximum Gasteiger partial charge on any atom is 0.276 e. The van der Waals surface area contributed by atoms with Gasteiger partial charge >= 0.3 is 0 Å². The lowest BCUT2D eigenvalue weighted by molar-refractivity contribution is 0.550. The van der Waals surface area contributed by atoms with E-state index < -0.39 is 10.0 Å². The van der Waals surface area contributed by atoms with E-state index in [-0.39, 0.29) is 4.90 Å². The number of fused-ring (bicyclic) bond motifs is 1. The zero-order valence-corrected chi connectivity index (χ0v) is 14.9. The Morgan fingerprint density at radius 3 is 2.58 bits per heavy atom. The number of nitrogens with one attached hydrogen (secondary N) is 1. The maximum absolute atomic E-state index is 12.4. The minimum absolute atomic E-state index is 0.172. The normalized spacial score (nSPS) is 15.2. The highest BCUT2D eigenvalue weighted by Crippen LogP contribution is 2.22. The van der Waals surface area contributed by atoms with Gasteiger partial charge in [0.25, 0.3) is 10.0 Å². The van der Waals surface area contributed by atoms with E-state index in [0.717, 1.165) is 42.6 Å². The van der Waals surface area contributed by atoms with Crippen molar-refractivity contribution in [3.63, 3.8) is 0 Å². The van der Waals surface area contributed by atoms with Crippen molar-refractivity contribution in [1.82, 2.24) is 4.83 Å². The van der Waals surface area contributed by atoms with Crippen molar-refractivity contribution < 1.29 is 12.8 Å². The summed E-state index contributed by atoms with van der Waals surface area (Å²) in [4.78, 5) is 4.57. The molecule has 0 atom stereocenters. The van der Waals surface area contributed by atoms with Crippen LogP contribution in [-0.2, 0) is 10.0 Å². The van der Waals surface area contributed by atoms with Gasteiger partial charge in [-0.25, -0.2) is 0 Å². The fraction of sp³-hybridized carbons (Fsp3) is 0.211. The molecule has 1 fully saturated rings. The molecule has 1 aliphatic heterocycles. The van der Waals surface area contributed by atoms with Crippen molar-refractivity contribution in [2.75, 3.05) is 18.0 Å². The van der Waals surface area contributed by atoms with E-state index in [0.29, 0.717) is 5.76 Å². The van der Waals surface area contributed by atoms with Crippen molar-refractivity contribution >= 4 is 32.9 Å². The highest BCUT2D eigenvalue weighted by Gasteiger charge is 2.16. The fourth-order valence-corrected chi connectivity index (χ4v) is 3.89. The molecule has 2 heterocycles. The van der Waals surface area contributed by atoms with E-state index in [2.05, 4.69) is 14.8 Å². The molecule has 0 unspecified atom stereocenters. The van der Waals surface area contributed by atoms with Gasteiger partial charge in [0.05, 0.1) is 11.1 Å². The summed E-state index contributed by atoms with van der Waals surface area (Å²) in [5.74, 6) is 1.30. The van der Waals surface area contributed by atoms with Crippen LogP contribution in [0.5, 0.6) is 0 Å². The summed E-state index contributed by atoms with van der Waals surface area (Å²) in [6, 6.07) is 16.2. The van der Waals surface area contributed by atoms with Gasteiger partial charge in [-0.05, 0) is 41.8 Å². The molecular weight excluding hydrogens is 350 g/mol. The number of sulfonamides is 1.